The monoisotopic (exact) mass is 252 g/mol. The van der Waals surface area contributed by atoms with Gasteiger partial charge in [-0.15, -0.1) is 0 Å². The Balaban J connectivity index is 1.52. The van der Waals surface area contributed by atoms with E-state index in [1.165, 1.54) is 12.8 Å². The van der Waals surface area contributed by atoms with Crippen molar-refractivity contribution in [1.82, 2.24) is 4.90 Å². The van der Waals surface area contributed by atoms with Gasteiger partial charge in [0.05, 0.1) is 12.2 Å². The van der Waals surface area contributed by atoms with Crippen LogP contribution in [0, 0.1) is 5.92 Å². The van der Waals surface area contributed by atoms with Crippen LogP contribution in [0.15, 0.2) is 0 Å². The largest absolute Gasteiger partial charge is 0.371 e. The van der Waals surface area contributed by atoms with Crippen molar-refractivity contribution in [3.63, 3.8) is 0 Å². The molecule has 2 heterocycles. The fourth-order valence-corrected chi connectivity index (χ4v) is 3.71. The van der Waals surface area contributed by atoms with Gasteiger partial charge in [-0.1, -0.05) is 6.42 Å². The van der Waals surface area contributed by atoms with Gasteiger partial charge in [0.25, 0.3) is 0 Å². The van der Waals surface area contributed by atoms with Crippen LogP contribution in [0.4, 0.5) is 0 Å². The summed E-state index contributed by atoms with van der Waals surface area (Å²) in [5.74, 6) is 0.844. The van der Waals surface area contributed by atoms with Gasteiger partial charge in [0.2, 0.25) is 5.91 Å². The highest BCUT2D eigenvalue weighted by molar-refractivity contribution is 5.76. The Morgan fingerprint density at radius 2 is 1.89 bits per heavy atom. The second-order valence-electron chi connectivity index (χ2n) is 6.25. The zero-order valence-corrected chi connectivity index (χ0v) is 11.0. The van der Waals surface area contributed by atoms with E-state index in [0.29, 0.717) is 36.5 Å². The highest BCUT2D eigenvalue weighted by atomic mass is 16.5. The number of carbonyl (C=O) groups is 1. The van der Waals surface area contributed by atoms with Gasteiger partial charge >= 0.3 is 0 Å². The highest BCUT2D eigenvalue weighted by Gasteiger charge is 2.36. The molecule has 4 unspecified atom stereocenters. The topological polar surface area (TPSA) is 55.6 Å². The molecule has 1 amide bonds. The summed E-state index contributed by atoms with van der Waals surface area (Å²) in [6.07, 6.45) is 8.10. The first-order chi connectivity index (χ1) is 8.70. The molecule has 2 saturated heterocycles. The molecule has 4 nitrogen and oxygen atoms in total. The molecule has 0 aromatic carbocycles. The number of nitrogens with zero attached hydrogens (tertiary/aromatic N) is 1. The number of hydrogen-bond donors (Lipinski definition) is 1. The summed E-state index contributed by atoms with van der Waals surface area (Å²) >= 11 is 0. The van der Waals surface area contributed by atoms with E-state index in [-0.39, 0.29) is 0 Å². The summed E-state index contributed by atoms with van der Waals surface area (Å²) in [7, 11) is 0. The number of ether oxygens (including phenoxy) is 1. The third kappa shape index (κ3) is 2.69. The van der Waals surface area contributed by atoms with Crippen molar-refractivity contribution in [2.75, 3.05) is 13.1 Å². The van der Waals surface area contributed by atoms with Crippen molar-refractivity contribution in [2.24, 2.45) is 11.7 Å². The summed E-state index contributed by atoms with van der Waals surface area (Å²) in [6.45, 7) is 1.63. The predicted molar refractivity (Wildman–Crippen MR) is 69.0 cm³/mol. The molecule has 2 bridgehead atoms. The Labute approximate surface area is 109 Å². The first kappa shape index (κ1) is 12.4. The Morgan fingerprint density at radius 1 is 1.17 bits per heavy atom. The summed E-state index contributed by atoms with van der Waals surface area (Å²) in [5, 5.41) is 0. The van der Waals surface area contributed by atoms with E-state index < -0.39 is 0 Å². The lowest BCUT2D eigenvalue weighted by Crippen LogP contribution is -2.46. The van der Waals surface area contributed by atoms with Gasteiger partial charge in [0.1, 0.15) is 0 Å². The molecule has 4 atom stereocenters. The lowest BCUT2D eigenvalue weighted by Gasteiger charge is -2.34. The Morgan fingerprint density at radius 3 is 2.56 bits per heavy atom. The van der Waals surface area contributed by atoms with Crippen molar-refractivity contribution in [2.45, 2.75) is 63.2 Å². The number of likely N-dealkylation sites (tertiary alicyclic amines) is 1. The lowest BCUT2D eigenvalue weighted by molar-refractivity contribution is -0.141. The van der Waals surface area contributed by atoms with Gasteiger partial charge in [0, 0.05) is 25.6 Å². The average Bonchev–Trinajstić information content (AvgIpc) is 2.68. The van der Waals surface area contributed by atoms with Crippen LogP contribution in [0.3, 0.4) is 0 Å². The quantitative estimate of drug-likeness (QED) is 0.805. The van der Waals surface area contributed by atoms with Crippen molar-refractivity contribution in [3.05, 3.63) is 0 Å². The van der Waals surface area contributed by atoms with E-state index in [4.69, 9.17) is 10.5 Å². The standard InChI is InChI=1S/C14H24N2O2/c15-11-3-1-2-10(6-11)7-14(17)16-8-12-4-5-13(9-16)18-12/h10-13H,1-9,15H2. The highest BCUT2D eigenvalue weighted by Crippen LogP contribution is 2.29. The molecule has 4 heteroatoms. The summed E-state index contributed by atoms with van der Waals surface area (Å²) in [5.41, 5.74) is 5.99. The first-order valence-corrected chi connectivity index (χ1v) is 7.39. The Bertz CT molecular complexity index is 309. The van der Waals surface area contributed by atoms with Gasteiger partial charge in [-0.2, -0.15) is 0 Å². The number of fused-ring (bicyclic) bond motifs is 2. The van der Waals surface area contributed by atoms with Crippen molar-refractivity contribution in [3.8, 4) is 0 Å². The minimum absolute atomic E-state index is 0.307. The van der Waals surface area contributed by atoms with E-state index in [0.717, 1.165) is 38.8 Å². The molecule has 3 rings (SSSR count). The number of hydrogen-bond acceptors (Lipinski definition) is 3. The number of rotatable bonds is 2. The minimum Gasteiger partial charge on any atom is -0.371 e. The van der Waals surface area contributed by atoms with Crippen LogP contribution < -0.4 is 5.73 Å². The molecule has 18 heavy (non-hydrogen) atoms. The van der Waals surface area contributed by atoms with Crippen LogP contribution in [0.5, 0.6) is 0 Å². The summed E-state index contributed by atoms with van der Waals surface area (Å²) in [6, 6.07) is 0.317. The van der Waals surface area contributed by atoms with Crippen LogP contribution in [0.25, 0.3) is 0 Å². The van der Waals surface area contributed by atoms with E-state index >= 15 is 0 Å². The van der Waals surface area contributed by atoms with E-state index in [2.05, 4.69) is 0 Å². The third-order valence-corrected chi connectivity index (χ3v) is 4.68. The van der Waals surface area contributed by atoms with E-state index in [9.17, 15) is 4.79 Å². The first-order valence-electron chi connectivity index (χ1n) is 7.39. The second kappa shape index (κ2) is 5.17. The number of carbonyl (C=O) groups excluding carboxylic acids is 1. The average molecular weight is 252 g/mol. The summed E-state index contributed by atoms with van der Waals surface area (Å²) in [4.78, 5) is 14.4. The normalized spacial score (nSPS) is 39.9. The third-order valence-electron chi connectivity index (χ3n) is 4.68. The molecule has 1 saturated carbocycles. The number of amides is 1. The Hall–Kier alpha value is -0.610. The van der Waals surface area contributed by atoms with Gasteiger partial charge in [-0.05, 0) is 38.0 Å². The van der Waals surface area contributed by atoms with Gasteiger partial charge < -0.3 is 15.4 Å². The predicted octanol–water partition coefficient (Wildman–Crippen LogP) is 1.28. The van der Waals surface area contributed by atoms with Crippen molar-refractivity contribution >= 4 is 5.91 Å². The zero-order valence-electron chi connectivity index (χ0n) is 11.0. The van der Waals surface area contributed by atoms with E-state index in [1.807, 2.05) is 4.90 Å². The van der Waals surface area contributed by atoms with Crippen LogP contribution in [0.1, 0.15) is 44.9 Å². The smallest absolute Gasteiger partial charge is 0.223 e. The molecule has 2 N–H and O–H groups in total. The molecule has 0 radical (unpaired) electrons. The van der Waals surface area contributed by atoms with Crippen LogP contribution >= 0.6 is 0 Å². The molecular formula is C14H24N2O2. The molecule has 2 aliphatic heterocycles. The van der Waals surface area contributed by atoms with Crippen molar-refractivity contribution in [1.29, 1.82) is 0 Å². The zero-order chi connectivity index (χ0) is 12.5. The SMILES string of the molecule is NC1CCCC(CC(=O)N2CC3CCC(C2)O3)C1. The maximum atomic E-state index is 12.3. The summed E-state index contributed by atoms with van der Waals surface area (Å²) < 4.78 is 5.77. The van der Waals surface area contributed by atoms with Gasteiger partial charge in [-0.25, -0.2) is 0 Å². The van der Waals surface area contributed by atoms with Gasteiger partial charge in [-0.3, -0.25) is 4.79 Å². The fraction of sp³-hybridized carbons (Fsp3) is 0.929. The molecule has 3 aliphatic rings. The second-order valence-corrected chi connectivity index (χ2v) is 6.25. The van der Waals surface area contributed by atoms with E-state index in [1.54, 1.807) is 0 Å². The number of morpholine rings is 1. The molecule has 3 fully saturated rings. The Kier molecular flexibility index (Phi) is 3.57. The molecular weight excluding hydrogens is 228 g/mol. The molecule has 0 spiro atoms. The minimum atomic E-state index is 0.307. The molecule has 1 aliphatic carbocycles. The number of nitrogens with two attached hydrogens (primary N) is 1. The molecule has 0 aromatic rings. The molecule has 0 aromatic heterocycles. The molecule has 102 valence electrons. The van der Waals surface area contributed by atoms with Crippen molar-refractivity contribution < 1.29 is 9.53 Å². The fourth-order valence-electron chi connectivity index (χ4n) is 3.71. The van der Waals surface area contributed by atoms with Crippen LogP contribution in [-0.2, 0) is 9.53 Å². The maximum absolute atomic E-state index is 12.3. The van der Waals surface area contributed by atoms with Crippen LogP contribution in [-0.4, -0.2) is 42.1 Å². The van der Waals surface area contributed by atoms with Crippen LogP contribution in [0.2, 0.25) is 0 Å². The lowest BCUT2D eigenvalue weighted by atomic mass is 9.84. The van der Waals surface area contributed by atoms with Gasteiger partial charge in [0.15, 0.2) is 0 Å². The maximum Gasteiger partial charge on any atom is 0.223 e.